The number of carbonyl (C=O) groups is 2. The molecule has 1 saturated carbocycles. The van der Waals surface area contributed by atoms with Gasteiger partial charge in [-0.25, -0.2) is 18.1 Å². The largest absolute Gasteiger partial charge is 0.475 e. The number of hydrogen-bond donors (Lipinski definition) is 1. The van der Waals surface area contributed by atoms with E-state index in [1.165, 1.54) is 24.6 Å². The lowest BCUT2D eigenvalue weighted by molar-refractivity contribution is -0.150. The van der Waals surface area contributed by atoms with Crippen molar-refractivity contribution in [1.82, 2.24) is 19.8 Å². The van der Waals surface area contributed by atoms with Crippen LogP contribution in [0.1, 0.15) is 67.9 Å². The summed E-state index contributed by atoms with van der Waals surface area (Å²) in [4.78, 5) is 40.1. The highest BCUT2D eigenvalue weighted by Gasteiger charge is 2.49. The fraction of sp³-hybridized carbons (Fsp3) is 0.471. The average Bonchev–Trinajstić information content (AvgIpc) is 2.91. The number of anilines is 1. The van der Waals surface area contributed by atoms with Crippen molar-refractivity contribution >= 4 is 27.8 Å². The lowest BCUT2D eigenvalue weighted by atomic mass is 9.63. The highest BCUT2D eigenvalue weighted by molar-refractivity contribution is 7.92. The van der Waals surface area contributed by atoms with E-state index in [4.69, 9.17) is 4.74 Å². The summed E-state index contributed by atoms with van der Waals surface area (Å²) in [5, 5.41) is 0. The smallest absolute Gasteiger partial charge is 0.264 e. The zero-order chi connectivity index (χ0) is 32.1. The molecule has 238 valence electrons. The zero-order valence-electron chi connectivity index (χ0n) is 26.6. The minimum Gasteiger partial charge on any atom is -0.475 e. The SMILES string of the molecule is Cc1cccc(C)c1-c1cc2nc(n1)NS(=O)(=O)c1cccc(c1)C(=O)N(CC(=O)N1CC3(CCC3)C1)[C@H](CC(C)(C)C)CO2. The van der Waals surface area contributed by atoms with Crippen LogP contribution < -0.4 is 9.46 Å². The minimum atomic E-state index is -4.18. The van der Waals surface area contributed by atoms with Crippen LogP contribution >= 0.6 is 0 Å². The van der Waals surface area contributed by atoms with Gasteiger partial charge in [-0.3, -0.25) is 9.59 Å². The van der Waals surface area contributed by atoms with Gasteiger partial charge < -0.3 is 14.5 Å². The highest BCUT2D eigenvalue weighted by Crippen LogP contribution is 2.48. The van der Waals surface area contributed by atoms with E-state index in [0.717, 1.165) is 42.6 Å². The molecule has 1 aliphatic carbocycles. The van der Waals surface area contributed by atoms with Gasteiger partial charge in [0.1, 0.15) is 13.2 Å². The third-order valence-electron chi connectivity index (χ3n) is 9.16. The Morgan fingerprint density at radius 2 is 1.73 bits per heavy atom. The molecular formula is C34H41N5O5S. The molecule has 1 N–H and O–H groups in total. The number of amides is 2. The molecule has 2 aromatic carbocycles. The first-order chi connectivity index (χ1) is 21.2. The molecule has 45 heavy (non-hydrogen) atoms. The van der Waals surface area contributed by atoms with Crippen molar-refractivity contribution in [3.8, 4) is 17.1 Å². The number of carbonyl (C=O) groups excluding carboxylic acids is 2. The minimum absolute atomic E-state index is 0.0509. The maximum Gasteiger partial charge on any atom is 0.264 e. The molecule has 2 aliphatic heterocycles. The summed E-state index contributed by atoms with van der Waals surface area (Å²) >= 11 is 0. The van der Waals surface area contributed by atoms with E-state index in [-0.39, 0.29) is 52.2 Å². The molecule has 3 aliphatic rings. The Hall–Kier alpha value is -3.99. The lowest BCUT2D eigenvalue weighted by Crippen LogP contribution is -2.63. The number of hydrogen-bond acceptors (Lipinski definition) is 7. The van der Waals surface area contributed by atoms with Gasteiger partial charge in [0.15, 0.2) is 0 Å². The molecule has 1 spiro atoms. The van der Waals surface area contributed by atoms with Gasteiger partial charge in [-0.1, -0.05) is 51.5 Å². The van der Waals surface area contributed by atoms with Crippen molar-refractivity contribution in [3.05, 3.63) is 65.2 Å². The Labute approximate surface area is 265 Å². The summed E-state index contributed by atoms with van der Waals surface area (Å²) in [6.07, 6.45) is 4.01. The van der Waals surface area contributed by atoms with Gasteiger partial charge in [-0.05, 0) is 67.9 Å². The van der Waals surface area contributed by atoms with Crippen LogP contribution in [0.3, 0.4) is 0 Å². The third-order valence-corrected chi connectivity index (χ3v) is 10.5. The molecule has 4 bridgehead atoms. The van der Waals surface area contributed by atoms with Crippen molar-refractivity contribution in [3.63, 3.8) is 0 Å². The summed E-state index contributed by atoms with van der Waals surface area (Å²) in [6.45, 7) is 11.5. The highest BCUT2D eigenvalue weighted by atomic mass is 32.2. The van der Waals surface area contributed by atoms with Crippen LogP contribution in [0.5, 0.6) is 5.88 Å². The standard InChI is InChI=1S/C34H41N5O5S/c1-22-9-6-10-23(2)30(22)27-16-28-36-32(35-27)37-45(42,43)26-12-7-11-24(15-26)31(41)39(25(19-44-28)17-33(3,4)5)18-29(40)38-20-34(21-38)13-8-14-34/h6-7,9-12,15-16,25H,8,13-14,17-21H2,1-5H3,(H,35,36,37)/t25-/m1/s1. The van der Waals surface area contributed by atoms with Gasteiger partial charge in [0.25, 0.3) is 15.9 Å². The monoisotopic (exact) mass is 631 g/mol. The maximum absolute atomic E-state index is 14.2. The first-order valence-corrected chi connectivity index (χ1v) is 17.0. The molecule has 1 saturated heterocycles. The second-order valence-electron chi connectivity index (χ2n) is 14.1. The zero-order valence-corrected chi connectivity index (χ0v) is 27.4. The summed E-state index contributed by atoms with van der Waals surface area (Å²) in [7, 11) is -4.18. The summed E-state index contributed by atoms with van der Waals surface area (Å²) in [5.41, 5.74) is 3.50. The van der Waals surface area contributed by atoms with E-state index in [2.05, 4.69) is 35.5 Å². The number of likely N-dealkylation sites (tertiary alicyclic amines) is 1. The molecule has 1 atom stereocenters. The number of aryl methyl sites for hydroxylation is 2. The van der Waals surface area contributed by atoms with Crippen LogP contribution in [0.25, 0.3) is 11.3 Å². The van der Waals surface area contributed by atoms with Crippen LogP contribution in [0, 0.1) is 24.7 Å². The van der Waals surface area contributed by atoms with Gasteiger partial charge >= 0.3 is 0 Å². The topological polar surface area (TPSA) is 122 Å². The second-order valence-corrected chi connectivity index (χ2v) is 15.8. The summed E-state index contributed by atoms with van der Waals surface area (Å²) in [6, 6.07) is 13.0. The average molecular weight is 632 g/mol. The first kappa shape index (κ1) is 31.0. The molecular weight excluding hydrogens is 590 g/mol. The van der Waals surface area contributed by atoms with Crippen molar-refractivity contribution < 1.29 is 22.7 Å². The number of sulfonamides is 1. The third kappa shape index (κ3) is 6.40. The number of rotatable bonds is 4. The van der Waals surface area contributed by atoms with Gasteiger partial charge in [0.05, 0.1) is 16.6 Å². The summed E-state index contributed by atoms with van der Waals surface area (Å²) in [5.74, 6) is -0.511. The molecule has 3 aromatic rings. The number of fused-ring (bicyclic) bond motifs is 4. The number of nitrogens with zero attached hydrogens (tertiary/aromatic N) is 4. The lowest BCUT2D eigenvalue weighted by Gasteiger charge is -2.56. The first-order valence-electron chi connectivity index (χ1n) is 15.5. The normalized spacial score (nSPS) is 20.5. The molecule has 2 fully saturated rings. The van der Waals surface area contributed by atoms with Gasteiger partial charge in [-0.15, -0.1) is 0 Å². The maximum atomic E-state index is 14.2. The van der Waals surface area contributed by atoms with Crippen LogP contribution in [0.2, 0.25) is 0 Å². The Morgan fingerprint density at radius 1 is 1.04 bits per heavy atom. The molecule has 1 aromatic heterocycles. The van der Waals surface area contributed by atoms with Gasteiger partial charge in [-0.2, -0.15) is 4.98 Å². The Balaban J connectivity index is 1.43. The molecule has 0 radical (unpaired) electrons. The quantitative estimate of drug-likeness (QED) is 0.419. The number of nitrogens with one attached hydrogen (secondary N) is 1. The van der Waals surface area contributed by atoms with Crippen molar-refractivity contribution in [2.75, 3.05) is 31.0 Å². The van der Waals surface area contributed by atoms with E-state index in [0.29, 0.717) is 12.1 Å². The second kappa shape index (κ2) is 11.4. The van der Waals surface area contributed by atoms with E-state index in [1.807, 2.05) is 36.9 Å². The Kier molecular flexibility index (Phi) is 7.87. The molecule has 2 amide bonds. The van der Waals surface area contributed by atoms with E-state index >= 15 is 0 Å². The van der Waals surface area contributed by atoms with Crippen molar-refractivity contribution in [2.24, 2.45) is 10.8 Å². The molecule has 6 rings (SSSR count). The molecule has 0 unspecified atom stereocenters. The van der Waals surface area contributed by atoms with Crippen molar-refractivity contribution in [2.45, 2.75) is 71.2 Å². The molecule has 11 heteroatoms. The number of benzene rings is 2. The predicted octanol–water partition coefficient (Wildman–Crippen LogP) is 5.21. The predicted molar refractivity (Wildman–Crippen MR) is 171 cm³/mol. The van der Waals surface area contributed by atoms with Crippen LogP contribution in [0.4, 0.5) is 5.95 Å². The van der Waals surface area contributed by atoms with Gasteiger partial charge in [0, 0.05) is 35.7 Å². The Bertz CT molecular complexity index is 1730. The van der Waals surface area contributed by atoms with Crippen LogP contribution in [0.15, 0.2) is 53.4 Å². The molecule has 3 heterocycles. The van der Waals surface area contributed by atoms with Gasteiger partial charge in [0.2, 0.25) is 17.7 Å². The fourth-order valence-electron chi connectivity index (χ4n) is 6.73. The van der Waals surface area contributed by atoms with Crippen molar-refractivity contribution in [1.29, 1.82) is 0 Å². The van der Waals surface area contributed by atoms with Crippen LogP contribution in [-0.4, -0.2) is 72.3 Å². The fourth-order valence-corrected chi connectivity index (χ4v) is 7.71. The number of ether oxygens (including phenoxy) is 1. The molecule has 10 nitrogen and oxygen atoms in total. The van der Waals surface area contributed by atoms with E-state index < -0.39 is 22.0 Å². The number of aromatic nitrogens is 2. The van der Waals surface area contributed by atoms with E-state index in [1.54, 1.807) is 17.0 Å². The van der Waals surface area contributed by atoms with Crippen LogP contribution in [-0.2, 0) is 14.8 Å². The van der Waals surface area contributed by atoms with E-state index in [9.17, 15) is 18.0 Å². The summed E-state index contributed by atoms with van der Waals surface area (Å²) < 4.78 is 36.0. The Morgan fingerprint density at radius 3 is 2.38 bits per heavy atom.